The van der Waals surface area contributed by atoms with Gasteiger partial charge < -0.3 is 14.2 Å². The van der Waals surface area contributed by atoms with Gasteiger partial charge in [0.1, 0.15) is 0 Å². The van der Waals surface area contributed by atoms with E-state index in [-0.39, 0.29) is 5.78 Å². The van der Waals surface area contributed by atoms with Crippen molar-refractivity contribution in [2.45, 2.75) is 33.6 Å². The summed E-state index contributed by atoms with van der Waals surface area (Å²) in [5.41, 5.74) is 0.576. The summed E-state index contributed by atoms with van der Waals surface area (Å²) in [6, 6.07) is 3.45. The van der Waals surface area contributed by atoms with Gasteiger partial charge in [0.05, 0.1) is 19.8 Å². The molecule has 0 heterocycles. The summed E-state index contributed by atoms with van der Waals surface area (Å²) in [5, 5.41) is 0. The number of benzene rings is 1. The van der Waals surface area contributed by atoms with E-state index in [9.17, 15) is 4.79 Å². The van der Waals surface area contributed by atoms with Crippen LogP contribution in [0.3, 0.4) is 0 Å². The lowest BCUT2D eigenvalue weighted by atomic mass is 10.1. The molecule has 0 spiro atoms. The molecule has 0 unspecified atom stereocenters. The highest BCUT2D eigenvalue weighted by atomic mass is 16.5. The smallest absolute Gasteiger partial charge is 0.203 e. The molecular weight excluding hydrogens is 268 g/mol. The van der Waals surface area contributed by atoms with Crippen LogP contribution in [-0.2, 0) is 0 Å². The first kappa shape index (κ1) is 17.1. The van der Waals surface area contributed by atoms with Crippen LogP contribution in [0, 0.1) is 0 Å². The van der Waals surface area contributed by atoms with Gasteiger partial charge in [-0.25, -0.2) is 0 Å². The predicted molar refractivity (Wildman–Crippen MR) is 83.7 cm³/mol. The van der Waals surface area contributed by atoms with Gasteiger partial charge in [0, 0.05) is 12.0 Å². The fraction of sp³-hybridized carbons (Fsp3) is 0.471. The lowest BCUT2D eigenvalue weighted by Crippen LogP contribution is -2.06. The third kappa shape index (κ3) is 4.81. The summed E-state index contributed by atoms with van der Waals surface area (Å²) in [7, 11) is 0. The first-order valence-electron chi connectivity index (χ1n) is 7.38. The van der Waals surface area contributed by atoms with Crippen LogP contribution in [0.1, 0.15) is 44.0 Å². The number of hydrogen-bond acceptors (Lipinski definition) is 4. The van der Waals surface area contributed by atoms with E-state index in [1.54, 1.807) is 18.2 Å². The van der Waals surface area contributed by atoms with E-state index in [0.717, 1.165) is 0 Å². The Morgan fingerprint density at radius 3 is 2.00 bits per heavy atom. The molecule has 0 amide bonds. The van der Waals surface area contributed by atoms with Crippen molar-refractivity contribution in [3.8, 4) is 17.2 Å². The van der Waals surface area contributed by atoms with E-state index < -0.39 is 0 Å². The average molecular weight is 292 g/mol. The number of rotatable bonds is 10. The summed E-state index contributed by atoms with van der Waals surface area (Å²) in [6.07, 6.45) is 2.81. The van der Waals surface area contributed by atoms with Gasteiger partial charge >= 0.3 is 0 Å². The maximum atomic E-state index is 12.2. The number of carbonyl (C=O) groups excluding carboxylic acids is 1. The number of ketones is 1. The van der Waals surface area contributed by atoms with Crippen LogP contribution in [0.25, 0.3) is 0 Å². The molecule has 0 aliphatic heterocycles. The van der Waals surface area contributed by atoms with Crippen molar-refractivity contribution in [2.24, 2.45) is 0 Å². The normalized spacial score (nSPS) is 10.0. The van der Waals surface area contributed by atoms with E-state index in [4.69, 9.17) is 14.2 Å². The SMILES string of the molecule is C=CCCC(=O)c1cc(OCC)c(OCC)c(OCC)c1. The van der Waals surface area contributed by atoms with Crippen LogP contribution in [-0.4, -0.2) is 25.6 Å². The Bertz CT molecular complexity index is 453. The highest BCUT2D eigenvalue weighted by Gasteiger charge is 2.17. The van der Waals surface area contributed by atoms with Gasteiger partial charge in [0.2, 0.25) is 5.75 Å². The molecule has 1 aromatic carbocycles. The highest BCUT2D eigenvalue weighted by molar-refractivity contribution is 5.97. The maximum absolute atomic E-state index is 12.2. The number of allylic oxidation sites excluding steroid dienone is 1. The Morgan fingerprint density at radius 2 is 1.57 bits per heavy atom. The second-order valence-corrected chi connectivity index (χ2v) is 4.35. The molecule has 0 aliphatic carbocycles. The Morgan fingerprint density at radius 1 is 1.05 bits per heavy atom. The molecule has 0 fully saturated rings. The molecule has 1 aromatic rings. The van der Waals surface area contributed by atoms with Gasteiger partial charge in [0.25, 0.3) is 0 Å². The maximum Gasteiger partial charge on any atom is 0.203 e. The molecule has 21 heavy (non-hydrogen) atoms. The van der Waals surface area contributed by atoms with Gasteiger partial charge in [-0.2, -0.15) is 0 Å². The van der Waals surface area contributed by atoms with E-state index in [2.05, 4.69) is 6.58 Å². The summed E-state index contributed by atoms with van der Waals surface area (Å²) < 4.78 is 16.8. The molecule has 4 heteroatoms. The van der Waals surface area contributed by atoms with E-state index in [0.29, 0.717) is 55.5 Å². The second kappa shape index (κ2) is 9.06. The number of ether oxygens (including phenoxy) is 3. The number of hydrogen-bond donors (Lipinski definition) is 0. The van der Waals surface area contributed by atoms with Gasteiger partial charge in [-0.15, -0.1) is 6.58 Å². The Balaban J connectivity index is 3.20. The third-order valence-corrected chi connectivity index (χ3v) is 2.81. The monoisotopic (exact) mass is 292 g/mol. The predicted octanol–water partition coefficient (Wildman–Crippen LogP) is 4.03. The first-order valence-corrected chi connectivity index (χ1v) is 7.38. The summed E-state index contributed by atoms with van der Waals surface area (Å²) in [6.45, 7) is 10.8. The molecule has 0 N–H and O–H groups in total. The molecule has 0 saturated carbocycles. The molecule has 4 nitrogen and oxygen atoms in total. The van der Waals surface area contributed by atoms with Crippen LogP contribution >= 0.6 is 0 Å². The van der Waals surface area contributed by atoms with Crippen LogP contribution in [0.2, 0.25) is 0 Å². The fourth-order valence-electron chi connectivity index (χ4n) is 1.93. The van der Waals surface area contributed by atoms with Crippen molar-refractivity contribution >= 4 is 5.78 Å². The molecule has 0 saturated heterocycles. The summed E-state index contributed by atoms with van der Waals surface area (Å²) >= 11 is 0. The van der Waals surface area contributed by atoms with Crippen molar-refractivity contribution in [1.29, 1.82) is 0 Å². The van der Waals surface area contributed by atoms with Gasteiger partial charge in [0.15, 0.2) is 17.3 Å². The van der Waals surface area contributed by atoms with Crippen molar-refractivity contribution in [1.82, 2.24) is 0 Å². The molecule has 0 aliphatic rings. The molecule has 0 bridgehead atoms. The molecule has 0 atom stereocenters. The lowest BCUT2D eigenvalue weighted by Gasteiger charge is -2.16. The zero-order valence-corrected chi connectivity index (χ0v) is 13.1. The largest absolute Gasteiger partial charge is 0.490 e. The quantitative estimate of drug-likeness (QED) is 0.482. The van der Waals surface area contributed by atoms with E-state index in [1.807, 2.05) is 20.8 Å². The summed E-state index contributed by atoms with van der Waals surface area (Å²) in [5.74, 6) is 1.70. The number of carbonyl (C=O) groups is 1. The molecular formula is C17H24O4. The molecule has 0 radical (unpaired) electrons. The van der Waals surface area contributed by atoms with Crippen LogP contribution < -0.4 is 14.2 Å². The Kier molecular flexibility index (Phi) is 7.37. The zero-order chi connectivity index (χ0) is 15.7. The summed E-state index contributed by atoms with van der Waals surface area (Å²) in [4.78, 5) is 12.2. The zero-order valence-electron chi connectivity index (χ0n) is 13.1. The van der Waals surface area contributed by atoms with Crippen molar-refractivity contribution in [3.05, 3.63) is 30.4 Å². The molecule has 0 aromatic heterocycles. The minimum atomic E-state index is 0.0415. The van der Waals surface area contributed by atoms with Crippen molar-refractivity contribution in [3.63, 3.8) is 0 Å². The van der Waals surface area contributed by atoms with Gasteiger partial charge in [-0.05, 0) is 39.3 Å². The third-order valence-electron chi connectivity index (χ3n) is 2.81. The molecule has 1 rings (SSSR count). The van der Waals surface area contributed by atoms with Crippen LogP contribution in [0.15, 0.2) is 24.8 Å². The fourth-order valence-corrected chi connectivity index (χ4v) is 1.93. The first-order chi connectivity index (χ1) is 10.2. The van der Waals surface area contributed by atoms with E-state index in [1.165, 1.54) is 0 Å². The van der Waals surface area contributed by atoms with Crippen LogP contribution in [0.4, 0.5) is 0 Å². The van der Waals surface area contributed by atoms with Gasteiger partial charge in [-0.3, -0.25) is 4.79 Å². The average Bonchev–Trinajstić information content (AvgIpc) is 2.48. The Hall–Kier alpha value is -1.97. The second-order valence-electron chi connectivity index (χ2n) is 4.35. The van der Waals surface area contributed by atoms with Crippen molar-refractivity contribution < 1.29 is 19.0 Å². The van der Waals surface area contributed by atoms with E-state index >= 15 is 0 Å². The van der Waals surface area contributed by atoms with Crippen molar-refractivity contribution in [2.75, 3.05) is 19.8 Å². The van der Waals surface area contributed by atoms with Crippen LogP contribution in [0.5, 0.6) is 17.2 Å². The Labute approximate surface area is 126 Å². The van der Waals surface area contributed by atoms with Gasteiger partial charge in [-0.1, -0.05) is 6.08 Å². The minimum Gasteiger partial charge on any atom is -0.490 e. The minimum absolute atomic E-state index is 0.0415. The highest BCUT2D eigenvalue weighted by Crippen LogP contribution is 2.39. The number of Topliss-reactive ketones (excluding diaryl/α,β-unsaturated/α-hetero) is 1. The standard InChI is InChI=1S/C17H24O4/c1-5-9-10-14(18)13-11-15(19-6-2)17(21-8-4)16(12-13)20-7-3/h5,11-12H,1,6-10H2,2-4H3. The topological polar surface area (TPSA) is 44.8 Å². The lowest BCUT2D eigenvalue weighted by molar-refractivity contribution is 0.0982. The molecule has 116 valence electrons.